The van der Waals surface area contributed by atoms with Crippen LogP contribution in [-0.2, 0) is 11.4 Å². The first-order valence-corrected chi connectivity index (χ1v) is 6.76. The average molecular weight is 282 g/mol. The summed E-state index contributed by atoms with van der Waals surface area (Å²) in [5.74, 6) is -0.356. The Morgan fingerprint density at radius 3 is 2.24 bits per heavy atom. The molecule has 0 fully saturated rings. The lowest BCUT2D eigenvalue weighted by molar-refractivity contribution is -0.130. The normalized spacial score (nSPS) is 10.0. The van der Waals surface area contributed by atoms with Gasteiger partial charge in [-0.05, 0) is 25.5 Å². The summed E-state index contributed by atoms with van der Waals surface area (Å²) in [4.78, 5) is 11.5. The maximum Gasteiger partial charge on any atom is 0.336 e. The van der Waals surface area contributed by atoms with Gasteiger partial charge >= 0.3 is 5.97 Å². The molecule has 0 aliphatic rings. The van der Waals surface area contributed by atoms with Crippen molar-refractivity contribution in [3.63, 3.8) is 0 Å². The van der Waals surface area contributed by atoms with Gasteiger partial charge in [-0.3, -0.25) is 0 Å². The molecule has 21 heavy (non-hydrogen) atoms. The van der Waals surface area contributed by atoms with Crippen molar-refractivity contribution in [3.8, 4) is 5.75 Å². The first-order chi connectivity index (χ1) is 10.1. The highest BCUT2D eigenvalue weighted by Crippen LogP contribution is 2.29. The fourth-order valence-electron chi connectivity index (χ4n) is 2.13. The Morgan fingerprint density at radius 1 is 1.00 bits per heavy atom. The third kappa shape index (κ3) is 3.72. The Bertz CT molecular complexity index is 653. The van der Waals surface area contributed by atoms with Crippen LogP contribution in [0.15, 0.2) is 60.2 Å². The molecular weight excluding hydrogens is 264 g/mol. The lowest BCUT2D eigenvalue weighted by Crippen LogP contribution is -2.05. The van der Waals surface area contributed by atoms with Gasteiger partial charge in [-0.2, -0.15) is 0 Å². The number of benzene rings is 2. The Kier molecular flexibility index (Phi) is 4.77. The molecule has 0 saturated heterocycles. The molecule has 0 aliphatic carbocycles. The molecule has 2 aromatic carbocycles. The summed E-state index contributed by atoms with van der Waals surface area (Å²) < 4.78 is 5.81. The minimum absolute atomic E-state index is 0.290. The Morgan fingerprint density at radius 2 is 1.62 bits per heavy atom. The summed E-state index contributed by atoms with van der Waals surface area (Å²) in [5.41, 5.74) is 2.69. The molecule has 2 rings (SSSR count). The summed E-state index contributed by atoms with van der Waals surface area (Å²) in [5, 5.41) is 9.39. The zero-order chi connectivity index (χ0) is 15.2. The van der Waals surface area contributed by atoms with Crippen molar-refractivity contribution >= 4 is 11.5 Å². The van der Waals surface area contributed by atoms with E-state index in [0.717, 1.165) is 11.1 Å². The fourth-order valence-corrected chi connectivity index (χ4v) is 2.13. The van der Waals surface area contributed by atoms with E-state index in [0.29, 0.717) is 23.5 Å². The van der Waals surface area contributed by atoms with Crippen LogP contribution in [0.3, 0.4) is 0 Å². The second kappa shape index (κ2) is 6.75. The van der Waals surface area contributed by atoms with Crippen LogP contribution in [0, 0.1) is 0 Å². The van der Waals surface area contributed by atoms with Crippen molar-refractivity contribution in [2.45, 2.75) is 20.5 Å². The van der Waals surface area contributed by atoms with E-state index >= 15 is 0 Å². The van der Waals surface area contributed by atoms with Crippen molar-refractivity contribution < 1.29 is 14.6 Å². The van der Waals surface area contributed by atoms with E-state index in [1.807, 2.05) is 42.5 Å². The first kappa shape index (κ1) is 14.9. The second-order valence-corrected chi connectivity index (χ2v) is 4.95. The van der Waals surface area contributed by atoms with Crippen molar-refractivity contribution in [1.82, 2.24) is 0 Å². The molecule has 0 unspecified atom stereocenters. The predicted octanol–water partition coefficient (Wildman–Crippen LogP) is 4.14. The van der Waals surface area contributed by atoms with Crippen LogP contribution in [0.1, 0.15) is 25.0 Å². The molecule has 0 saturated carbocycles. The molecule has 1 N–H and O–H groups in total. The van der Waals surface area contributed by atoms with E-state index in [1.54, 1.807) is 26.0 Å². The monoisotopic (exact) mass is 282 g/mol. The lowest BCUT2D eigenvalue weighted by atomic mass is 10.0. The molecule has 0 aliphatic heterocycles. The van der Waals surface area contributed by atoms with Crippen LogP contribution in [0.25, 0.3) is 5.57 Å². The largest absolute Gasteiger partial charge is 0.488 e. The van der Waals surface area contributed by atoms with Crippen LogP contribution in [0.5, 0.6) is 5.75 Å². The van der Waals surface area contributed by atoms with E-state index in [1.165, 1.54) is 0 Å². The van der Waals surface area contributed by atoms with Crippen molar-refractivity contribution in [2.24, 2.45) is 0 Å². The topological polar surface area (TPSA) is 46.5 Å². The van der Waals surface area contributed by atoms with Gasteiger partial charge in [-0.25, -0.2) is 4.79 Å². The van der Waals surface area contributed by atoms with E-state index < -0.39 is 5.97 Å². The lowest BCUT2D eigenvalue weighted by Gasteiger charge is -2.13. The number of hydrogen-bond acceptors (Lipinski definition) is 2. The summed E-state index contributed by atoms with van der Waals surface area (Å²) in [6, 6.07) is 17.0. The molecule has 0 spiro atoms. The highest BCUT2D eigenvalue weighted by Gasteiger charge is 2.16. The van der Waals surface area contributed by atoms with Gasteiger partial charge in [0.25, 0.3) is 0 Å². The minimum Gasteiger partial charge on any atom is -0.488 e. The smallest absolute Gasteiger partial charge is 0.336 e. The molecule has 0 radical (unpaired) electrons. The van der Waals surface area contributed by atoms with Crippen LogP contribution in [-0.4, -0.2) is 11.1 Å². The maximum atomic E-state index is 11.5. The van der Waals surface area contributed by atoms with E-state index in [9.17, 15) is 9.90 Å². The van der Waals surface area contributed by atoms with Crippen molar-refractivity contribution in [1.29, 1.82) is 0 Å². The average Bonchev–Trinajstić information content (AvgIpc) is 2.47. The summed E-state index contributed by atoms with van der Waals surface area (Å²) >= 11 is 0. The number of aliphatic carboxylic acids is 1. The molecule has 0 heterocycles. The molecular formula is C18H18O3. The van der Waals surface area contributed by atoms with Gasteiger partial charge in [0.05, 0.1) is 5.57 Å². The van der Waals surface area contributed by atoms with Gasteiger partial charge in [0.1, 0.15) is 12.4 Å². The standard InChI is InChI=1S/C18H18O3/c1-13(2)17(18(19)20)15-10-6-7-11-16(15)21-12-14-8-4-3-5-9-14/h3-11H,12H2,1-2H3,(H,19,20). The molecule has 3 heteroatoms. The summed E-state index contributed by atoms with van der Waals surface area (Å²) in [7, 11) is 0. The van der Waals surface area contributed by atoms with Crippen LogP contribution >= 0.6 is 0 Å². The number of hydrogen-bond donors (Lipinski definition) is 1. The molecule has 0 amide bonds. The van der Waals surface area contributed by atoms with Crippen molar-refractivity contribution in [2.75, 3.05) is 0 Å². The van der Waals surface area contributed by atoms with Crippen LogP contribution < -0.4 is 4.74 Å². The van der Waals surface area contributed by atoms with Gasteiger partial charge in [0, 0.05) is 5.56 Å². The molecule has 2 aromatic rings. The molecule has 0 aromatic heterocycles. The molecule has 0 bridgehead atoms. The number of allylic oxidation sites excluding steroid dienone is 1. The number of rotatable bonds is 5. The van der Waals surface area contributed by atoms with Gasteiger partial charge in [0.2, 0.25) is 0 Å². The van der Waals surface area contributed by atoms with E-state index in [-0.39, 0.29) is 0 Å². The summed E-state index contributed by atoms with van der Waals surface area (Å²) in [6.07, 6.45) is 0. The third-order valence-corrected chi connectivity index (χ3v) is 3.11. The highest BCUT2D eigenvalue weighted by molar-refractivity contribution is 6.17. The number of carboxylic acid groups (broad SMARTS) is 1. The van der Waals surface area contributed by atoms with Gasteiger partial charge in [-0.1, -0.05) is 54.1 Å². The van der Waals surface area contributed by atoms with Crippen LogP contribution in [0.2, 0.25) is 0 Å². The van der Waals surface area contributed by atoms with Gasteiger partial charge in [0.15, 0.2) is 0 Å². The zero-order valence-corrected chi connectivity index (χ0v) is 12.2. The zero-order valence-electron chi connectivity index (χ0n) is 12.2. The number of ether oxygens (including phenoxy) is 1. The SMILES string of the molecule is CC(C)=C(C(=O)O)c1ccccc1OCc1ccccc1. The quantitative estimate of drug-likeness (QED) is 0.838. The van der Waals surface area contributed by atoms with E-state index in [4.69, 9.17) is 4.74 Å². The maximum absolute atomic E-state index is 11.5. The third-order valence-electron chi connectivity index (χ3n) is 3.11. The second-order valence-electron chi connectivity index (χ2n) is 4.95. The first-order valence-electron chi connectivity index (χ1n) is 6.76. The molecule has 3 nitrogen and oxygen atoms in total. The minimum atomic E-state index is -0.939. The number of carbonyl (C=O) groups is 1. The Balaban J connectivity index is 2.29. The molecule has 108 valence electrons. The summed E-state index contributed by atoms with van der Waals surface area (Å²) in [6.45, 7) is 3.99. The molecule has 0 atom stereocenters. The van der Waals surface area contributed by atoms with Gasteiger partial charge < -0.3 is 9.84 Å². The van der Waals surface area contributed by atoms with Crippen molar-refractivity contribution in [3.05, 3.63) is 71.3 Å². The Hall–Kier alpha value is -2.55. The Labute approximate surface area is 124 Å². The van der Waals surface area contributed by atoms with Crippen LogP contribution in [0.4, 0.5) is 0 Å². The highest BCUT2D eigenvalue weighted by atomic mass is 16.5. The fraction of sp³-hybridized carbons (Fsp3) is 0.167. The number of carboxylic acids is 1. The predicted molar refractivity (Wildman–Crippen MR) is 83.1 cm³/mol. The van der Waals surface area contributed by atoms with Gasteiger partial charge in [-0.15, -0.1) is 0 Å². The number of para-hydroxylation sites is 1. The van der Waals surface area contributed by atoms with E-state index in [2.05, 4.69) is 0 Å².